The van der Waals surface area contributed by atoms with E-state index in [0.717, 1.165) is 0 Å². The summed E-state index contributed by atoms with van der Waals surface area (Å²) in [5.74, 6) is 2.20. The third-order valence-corrected chi connectivity index (χ3v) is 6.14. The summed E-state index contributed by atoms with van der Waals surface area (Å²) in [4.78, 5) is 24.5. The van der Waals surface area contributed by atoms with Gasteiger partial charge in [-0.15, -0.1) is 0 Å². The number of carbonyl (C=O) groups is 2. The number of Topliss-reactive ketones (excluding diaryl/α,β-unsaturated/α-hetero) is 2. The molecule has 1 saturated carbocycles. The van der Waals surface area contributed by atoms with Crippen LogP contribution >= 0.6 is 0 Å². The second-order valence-electron chi connectivity index (χ2n) is 7.60. The summed E-state index contributed by atoms with van der Waals surface area (Å²) in [6, 6.07) is 0. The molecule has 0 spiro atoms. The lowest BCUT2D eigenvalue weighted by molar-refractivity contribution is -0.142. The highest BCUT2D eigenvalue weighted by Crippen LogP contribution is 2.50. The molecule has 2 heteroatoms. The molecule has 1 fully saturated rings. The molecule has 0 amide bonds. The molecule has 0 saturated heterocycles. The van der Waals surface area contributed by atoms with Crippen LogP contribution in [0.5, 0.6) is 0 Å². The van der Waals surface area contributed by atoms with Crippen molar-refractivity contribution >= 4 is 11.6 Å². The molecule has 0 aromatic carbocycles. The zero-order chi connectivity index (χ0) is 16.9. The van der Waals surface area contributed by atoms with Crippen molar-refractivity contribution in [3.8, 4) is 0 Å². The van der Waals surface area contributed by atoms with Crippen LogP contribution in [-0.2, 0) is 9.59 Å². The van der Waals surface area contributed by atoms with Crippen molar-refractivity contribution < 1.29 is 9.59 Å². The molecule has 22 heavy (non-hydrogen) atoms. The normalized spacial score (nSPS) is 35.4. The number of rotatable bonds is 8. The average molecular weight is 309 g/mol. The fraction of sp³-hybridized carbons (Fsp3) is 0.900. The Morgan fingerprint density at radius 3 is 1.27 bits per heavy atom. The van der Waals surface area contributed by atoms with Crippen LogP contribution in [0, 0.1) is 35.5 Å². The van der Waals surface area contributed by atoms with Gasteiger partial charge in [0.15, 0.2) is 0 Å². The van der Waals surface area contributed by atoms with E-state index in [2.05, 4.69) is 27.7 Å². The molecular weight excluding hydrogens is 272 g/mol. The van der Waals surface area contributed by atoms with Gasteiger partial charge in [-0.1, -0.05) is 53.4 Å². The predicted octanol–water partition coefficient (Wildman–Crippen LogP) is 5.30. The Hall–Kier alpha value is -0.660. The minimum Gasteiger partial charge on any atom is -0.300 e. The topological polar surface area (TPSA) is 34.1 Å². The summed E-state index contributed by atoms with van der Waals surface area (Å²) in [5.41, 5.74) is 0. The number of hydrogen-bond donors (Lipinski definition) is 0. The van der Waals surface area contributed by atoms with Crippen LogP contribution in [0.1, 0.15) is 80.1 Å². The van der Waals surface area contributed by atoms with Crippen molar-refractivity contribution in [1.82, 2.24) is 0 Å². The third-order valence-electron chi connectivity index (χ3n) is 6.14. The third kappa shape index (κ3) is 4.20. The molecule has 0 N–H and O–H groups in total. The Kier molecular flexibility index (Phi) is 7.79. The quantitative estimate of drug-likeness (QED) is 0.610. The fourth-order valence-corrected chi connectivity index (χ4v) is 5.05. The highest BCUT2D eigenvalue weighted by atomic mass is 16.1. The van der Waals surface area contributed by atoms with Crippen molar-refractivity contribution in [3.05, 3.63) is 0 Å². The first-order valence-electron chi connectivity index (χ1n) is 9.37. The Labute approximate surface area is 137 Å². The molecular formula is C20H36O2. The van der Waals surface area contributed by atoms with Crippen molar-refractivity contribution in [2.45, 2.75) is 80.1 Å². The zero-order valence-electron chi connectivity index (χ0n) is 15.5. The van der Waals surface area contributed by atoms with Gasteiger partial charge in [0.05, 0.1) is 0 Å². The van der Waals surface area contributed by atoms with Crippen LogP contribution in [0.2, 0.25) is 0 Å². The fourth-order valence-electron chi connectivity index (χ4n) is 5.05. The van der Waals surface area contributed by atoms with Gasteiger partial charge in [-0.25, -0.2) is 0 Å². The molecule has 1 aliphatic carbocycles. The van der Waals surface area contributed by atoms with Crippen LogP contribution in [0.15, 0.2) is 0 Å². The highest BCUT2D eigenvalue weighted by Gasteiger charge is 2.49. The number of ketones is 2. The predicted molar refractivity (Wildman–Crippen MR) is 92.7 cm³/mol. The molecule has 128 valence electrons. The van der Waals surface area contributed by atoms with Gasteiger partial charge in [-0.2, -0.15) is 0 Å². The number of unbranched alkanes of at least 4 members (excludes halogenated alkanes) is 2. The maximum atomic E-state index is 12.3. The van der Waals surface area contributed by atoms with E-state index in [0.29, 0.717) is 23.7 Å². The van der Waals surface area contributed by atoms with Gasteiger partial charge in [0.25, 0.3) is 0 Å². The number of carbonyl (C=O) groups excluding carboxylic acids is 2. The van der Waals surface area contributed by atoms with Gasteiger partial charge in [0.1, 0.15) is 11.6 Å². The van der Waals surface area contributed by atoms with Gasteiger partial charge in [-0.05, 0) is 50.4 Å². The van der Waals surface area contributed by atoms with E-state index in [1.54, 1.807) is 13.8 Å². The van der Waals surface area contributed by atoms with E-state index in [-0.39, 0.29) is 23.4 Å². The molecule has 1 aliphatic rings. The SMILES string of the molecule is CCCCC1C(C)C(C(C)=O)C(C(C)=O)C(C)C1CCCC. The van der Waals surface area contributed by atoms with Crippen LogP contribution in [0.3, 0.4) is 0 Å². The summed E-state index contributed by atoms with van der Waals surface area (Å²) in [5, 5.41) is 0. The molecule has 0 aromatic rings. The van der Waals surface area contributed by atoms with Crippen molar-refractivity contribution in [3.63, 3.8) is 0 Å². The van der Waals surface area contributed by atoms with Crippen molar-refractivity contribution in [2.24, 2.45) is 35.5 Å². The maximum absolute atomic E-state index is 12.3. The first kappa shape index (κ1) is 19.4. The Bertz CT molecular complexity index is 338. The largest absolute Gasteiger partial charge is 0.300 e. The molecule has 0 radical (unpaired) electrons. The zero-order valence-corrected chi connectivity index (χ0v) is 15.5. The summed E-state index contributed by atoms with van der Waals surface area (Å²) in [7, 11) is 0. The van der Waals surface area contributed by atoms with Crippen LogP contribution in [0.25, 0.3) is 0 Å². The summed E-state index contributed by atoms with van der Waals surface area (Å²) in [6.45, 7) is 12.3. The van der Waals surface area contributed by atoms with Gasteiger partial charge < -0.3 is 0 Å². The van der Waals surface area contributed by atoms with Crippen LogP contribution < -0.4 is 0 Å². The first-order valence-corrected chi connectivity index (χ1v) is 9.37. The van der Waals surface area contributed by atoms with E-state index in [9.17, 15) is 9.59 Å². The summed E-state index contributed by atoms with van der Waals surface area (Å²) in [6.07, 6.45) is 7.31. The van der Waals surface area contributed by atoms with Crippen LogP contribution in [0.4, 0.5) is 0 Å². The molecule has 0 aliphatic heterocycles. The lowest BCUT2D eigenvalue weighted by Gasteiger charge is -2.49. The molecule has 0 heterocycles. The lowest BCUT2D eigenvalue weighted by Crippen LogP contribution is -2.49. The Morgan fingerprint density at radius 1 is 0.727 bits per heavy atom. The lowest BCUT2D eigenvalue weighted by atomic mass is 9.54. The van der Waals surface area contributed by atoms with E-state index in [1.807, 2.05) is 0 Å². The first-order chi connectivity index (χ1) is 10.4. The second-order valence-corrected chi connectivity index (χ2v) is 7.60. The molecule has 0 aromatic heterocycles. The van der Waals surface area contributed by atoms with E-state index in [4.69, 9.17) is 0 Å². The van der Waals surface area contributed by atoms with E-state index in [1.165, 1.54) is 38.5 Å². The minimum absolute atomic E-state index is 0.0627. The maximum Gasteiger partial charge on any atom is 0.133 e. The van der Waals surface area contributed by atoms with Crippen LogP contribution in [-0.4, -0.2) is 11.6 Å². The molecule has 0 bridgehead atoms. The molecule has 1 rings (SSSR count). The second kappa shape index (κ2) is 8.84. The highest BCUT2D eigenvalue weighted by molar-refractivity contribution is 5.88. The smallest absolute Gasteiger partial charge is 0.133 e. The van der Waals surface area contributed by atoms with Gasteiger partial charge in [-0.3, -0.25) is 9.59 Å². The molecule has 6 unspecified atom stereocenters. The van der Waals surface area contributed by atoms with Gasteiger partial charge >= 0.3 is 0 Å². The average Bonchev–Trinajstić information content (AvgIpc) is 2.45. The Balaban J connectivity index is 3.11. The monoisotopic (exact) mass is 308 g/mol. The van der Waals surface area contributed by atoms with E-state index >= 15 is 0 Å². The molecule has 2 nitrogen and oxygen atoms in total. The van der Waals surface area contributed by atoms with Crippen molar-refractivity contribution in [1.29, 1.82) is 0 Å². The van der Waals surface area contributed by atoms with E-state index < -0.39 is 0 Å². The molecule has 6 atom stereocenters. The summed E-state index contributed by atoms with van der Waals surface area (Å²) < 4.78 is 0. The Morgan fingerprint density at radius 2 is 1.05 bits per heavy atom. The van der Waals surface area contributed by atoms with Gasteiger partial charge in [0.2, 0.25) is 0 Å². The van der Waals surface area contributed by atoms with Gasteiger partial charge in [0, 0.05) is 11.8 Å². The minimum atomic E-state index is -0.0627. The van der Waals surface area contributed by atoms with Crippen molar-refractivity contribution in [2.75, 3.05) is 0 Å². The standard InChI is InChI=1S/C20H36O2/c1-7-9-11-17-13(3)19(15(5)21)20(16(6)22)14(4)18(17)12-10-8-2/h13-14,17-20H,7-12H2,1-6H3. The number of hydrogen-bond acceptors (Lipinski definition) is 2. The summed E-state index contributed by atoms with van der Waals surface area (Å²) >= 11 is 0.